The van der Waals surface area contributed by atoms with Crippen LogP contribution >= 0.6 is 0 Å². The van der Waals surface area contributed by atoms with Gasteiger partial charge in [-0.15, -0.1) is 0 Å². The number of benzene rings is 3. The number of anilines is 1. The Morgan fingerprint density at radius 1 is 0.872 bits per heavy atom. The second kappa shape index (κ2) is 14.5. The van der Waals surface area contributed by atoms with Crippen molar-refractivity contribution in [2.45, 2.75) is 25.7 Å². The van der Waals surface area contributed by atoms with Crippen molar-refractivity contribution < 1.29 is 23.7 Å². The molecular weight excluding hydrogens is 494 g/mol. The average molecular weight is 528 g/mol. The van der Waals surface area contributed by atoms with E-state index in [0.717, 1.165) is 48.9 Å². The van der Waals surface area contributed by atoms with Crippen molar-refractivity contribution in [1.29, 1.82) is 0 Å². The van der Waals surface area contributed by atoms with Crippen molar-refractivity contribution in [3.8, 4) is 17.2 Å². The minimum Gasteiger partial charge on any atom is -0.496 e. The van der Waals surface area contributed by atoms with Crippen LogP contribution in [0.2, 0.25) is 0 Å². The van der Waals surface area contributed by atoms with Crippen molar-refractivity contribution >= 4 is 28.9 Å². The smallest absolute Gasteiger partial charge is 0.343 e. The van der Waals surface area contributed by atoms with Crippen molar-refractivity contribution in [2.24, 2.45) is 5.10 Å². The lowest BCUT2D eigenvalue weighted by molar-refractivity contribution is 0.0734. The summed E-state index contributed by atoms with van der Waals surface area (Å²) in [6.45, 7) is 1.43. The van der Waals surface area contributed by atoms with Crippen molar-refractivity contribution in [3.63, 3.8) is 0 Å². The number of methoxy groups -OCH3 is 2. The number of aromatic nitrogens is 1. The number of rotatable bonds is 14. The Morgan fingerprint density at radius 2 is 1.64 bits per heavy atom. The van der Waals surface area contributed by atoms with Crippen LogP contribution in [0.1, 0.15) is 41.6 Å². The summed E-state index contributed by atoms with van der Waals surface area (Å²) in [5.41, 5.74) is 4.88. The maximum atomic E-state index is 12.7. The number of unbranched alkanes of at least 4 members (excludes halogenated alkanes) is 3. The van der Waals surface area contributed by atoms with Gasteiger partial charge in [-0.1, -0.05) is 24.6 Å². The molecule has 4 rings (SSSR count). The van der Waals surface area contributed by atoms with E-state index < -0.39 is 5.97 Å². The van der Waals surface area contributed by atoms with Gasteiger partial charge in [0.15, 0.2) is 0 Å². The first-order chi connectivity index (χ1) is 19.2. The highest BCUT2D eigenvalue weighted by Crippen LogP contribution is 2.24. The number of nitrogens with one attached hydrogen (secondary N) is 1. The highest BCUT2D eigenvalue weighted by atomic mass is 16.5. The van der Waals surface area contributed by atoms with Crippen LogP contribution in [0.25, 0.3) is 10.9 Å². The molecule has 0 atom stereocenters. The summed E-state index contributed by atoms with van der Waals surface area (Å²) < 4.78 is 21.9. The number of para-hydroxylation sites is 1. The SMILES string of the molecule is COCCCCCCOc1ccc(C(=O)Oc2ccc(OC)c(/C=N/Nc3ccc4ccccc4n3)c2)cc1. The Kier molecular flexibility index (Phi) is 10.3. The number of hydrogen-bond acceptors (Lipinski definition) is 8. The molecule has 1 heterocycles. The predicted octanol–water partition coefficient (Wildman–Crippen LogP) is 6.49. The number of ether oxygens (including phenoxy) is 4. The Morgan fingerprint density at radius 3 is 2.44 bits per heavy atom. The minimum absolute atomic E-state index is 0.375. The Bertz CT molecular complexity index is 1390. The third-order valence-electron chi connectivity index (χ3n) is 5.99. The fourth-order valence-electron chi connectivity index (χ4n) is 3.92. The van der Waals surface area contributed by atoms with E-state index in [1.807, 2.05) is 36.4 Å². The monoisotopic (exact) mass is 527 g/mol. The van der Waals surface area contributed by atoms with E-state index in [9.17, 15) is 4.79 Å². The molecule has 4 aromatic rings. The summed E-state index contributed by atoms with van der Waals surface area (Å²) in [6, 6.07) is 23.7. The molecule has 0 aliphatic rings. The fraction of sp³-hybridized carbons (Fsp3) is 0.258. The van der Waals surface area contributed by atoms with E-state index in [0.29, 0.717) is 35.1 Å². The van der Waals surface area contributed by atoms with Crippen LogP contribution in [0.3, 0.4) is 0 Å². The van der Waals surface area contributed by atoms with Gasteiger partial charge in [-0.25, -0.2) is 9.78 Å². The van der Waals surface area contributed by atoms with Crippen molar-refractivity contribution in [3.05, 3.63) is 90.0 Å². The molecule has 0 saturated carbocycles. The molecule has 0 fully saturated rings. The van der Waals surface area contributed by atoms with Gasteiger partial charge in [0.1, 0.15) is 23.1 Å². The van der Waals surface area contributed by atoms with Crippen LogP contribution < -0.4 is 19.6 Å². The average Bonchev–Trinajstić information content (AvgIpc) is 2.97. The summed E-state index contributed by atoms with van der Waals surface area (Å²) >= 11 is 0. The third-order valence-corrected chi connectivity index (χ3v) is 5.99. The molecule has 3 aromatic carbocycles. The van der Waals surface area contributed by atoms with Gasteiger partial charge in [-0.3, -0.25) is 5.43 Å². The van der Waals surface area contributed by atoms with Gasteiger partial charge in [0.05, 0.1) is 31.0 Å². The van der Waals surface area contributed by atoms with Crippen molar-refractivity contribution in [2.75, 3.05) is 32.9 Å². The number of esters is 1. The zero-order valence-electron chi connectivity index (χ0n) is 22.3. The highest BCUT2D eigenvalue weighted by molar-refractivity contribution is 5.92. The van der Waals surface area contributed by atoms with Gasteiger partial charge in [-0.2, -0.15) is 5.10 Å². The summed E-state index contributed by atoms with van der Waals surface area (Å²) in [5.74, 6) is 1.83. The normalized spacial score (nSPS) is 11.0. The zero-order valence-corrected chi connectivity index (χ0v) is 22.3. The molecule has 0 radical (unpaired) electrons. The van der Waals surface area contributed by atoms with E-state index in [-0.39, 0.29) is 0 Å². The number of hydrogen-bond donors (Lipinski definition) is 1. The quantitative estimate of drug-likeness (QED) is 0.0658. The second-order valence-electron chi connectivity index (χ2n) is 8.83. The molecule has 0 aliphatic heterocycles. The van der Waals surface area contributed by atoms with E-state index >= 15 is 0 Å². The molecular formula is C31H33N3O5. The minimum atomic E-state index is -0.466. The maximum absolute atomic E-state index is 12.7. The first kappa shape index (κ1) is 27.6. The lowest BCUT2D eigenvalue weighted by atomic mass is 10.2. The molecule has 1 aromatic heterocycles. The Labute approximate surface area is 228 Å². The van der Waals surface area contributed by atoms with E-state index in [4.69, 9.17) is 18.9 Å². The van der Waals surface area contributed by atoms with E-state index in [2.05, 4.69) is 15.5 Å². The predicted molar refractivity (Wildman–Crippen MR) is 153 cm³/mol. The van der Waals surface area contributed by atoms with E-state index in [1.54, 1.807) is 62.9 Å². The molecule has 0 amide bonds. The standard InChI is InChI=1S/C31H33N3O5/c1-36-19-7-3-4-8-20-38-26-14-11-24(12-15-26)31(35)39-27-16-17-29(37-2)25(21-27)22-32-34-30-18-13-23-9-5-6-10-28(23)33-30/h5-6,9-18,21-22H,3-4,7-8,19-20H2,1-2H3,(H,33,34)/b32-22+. The molecule has 8 nitrogen and oxygen atoms in total. The lowest BCUT2D eigenvalue weighted by Gasteiger charge is -2.10. The molecule has 39 heavy (non-hydrogen) atoms. The Hall–Kier alpha value is -4.43. The summed E-state index contributed by atoms with van der Waals surface area (Å²) in [7, 11) is 3.29. The zero-order chi connectivity index (χ0) is 27.3. The molecule has 0 bridgehead atoms. The molecule has 0 aliphatic carbocycles. The van der Waals surface area contributed by atoms with Crippen LogP contribution in [0.4, 0.5) is 5.82 Å². The number of pyridine rings is 1. The largest absolute Gasteiger partial charge is 0.496 e. The van der Waals surface area contributed by atoms with Crippen LogP contribution in [0, 0.1) is 0 Å². The van der Waals surface area contributed by atoms with Gasteiger partial charge >= 0.3 is 5.97 Å². The molecule has 0 unspecified atom stereocenters. The van der Waals surface area contributed by atoms with Crippen LogP contribution in [0.15, 0.2) is 84.0 Å². The molecule has 202 valence electrons. The van der Waals surface area contributed by atoms with Crippen LogP contribution in [-0.4, -0.2) is 44.6 Å². The molecule has 0 spiro atoms. The molecule has 0 saturated heterocycles. The van der Waals surface area contributed by atoms with Gasteiger partial charge in [0.25, 0.3) is 0 Å². The number of carbonyl (C=O) groups is 1. The number of carbonyl (C=O) groups excluding carboxylic acids is 1. The van der Waals surface area contributed by atoms with Crippen LogP contribution in [-0.2, 0) is 4.74 Å². The number of hydrazone groups is 1. The summed E-state index contributed by atoms with van der Waals surface area (Å²) in [4.78, 5) is 17.3. The molecule has 8 heteroatoms. The summed E-state index contributed by atoms with van der Waals surface area (Å²) in [6.07, 6.45) is 5.86. The van der Waals surface area contributed by atoms with Gasteiger partial charge in [0, 0.05) is 24.7 Å². The van der Waals surface area contributed by atoms with Gasteiger partial charge < -0.3 is 18.9 Å². The second-order valence-corrected chi connectivity index (χ2v) is 8.83. The first-order valence-corrected chi connectivity index (χ1v) is 12.9. The van der Waals surface area contributed by atoms with Crippen LogP contribution in [0.5, 0.6) is 17.2 Å². The number of fused-ring (bicyclic) bond motifs is 1. The van der Waals surface area contributed by atoms with Gasteiger partial charge in [-0.05, 0) is 79.9 Å². The molecule has 1 N–H and O–H groups in total. The lowest BCUT2D eigenvalue weighted by Crippen LogP contribution is -2.09. The van der Waals surface area contributed by atoms with E-state index in [1.165, 1.54) is 0 Å². The number of nitrogens with zero attached hydrogens (tertiary/aromatic N) is 2. The van der Waals surface area contributed by atoms with Gasteiger partial charge in [0.2, 0.25) is 0 Å². The maximum Gasteiger partial charge on any atom is 0.343 e. The topological polar surface area (TPSA) is 91.3 Å². The first-order valence-electron chi connectivity index (χ1n) is 12.9. The Balaban J connectivity index is 1.32. The highest BCUT2D eigenvalue weighted by Gasteiger charge is 2.11. The third kappa shape index (κ3) is 8.28. The van der Waals surface area contributed by atoms with Crippen molar-refractivity contribution in [1.82, 2.24) is 4.98 Å². The summed E-state index contributed by atoms with van der Waals surface area (Å²) in [5, 5.41) is 5.34. The fourth-order valence-corrected chi connectivity index (χ4v) is 3.92.